The Morgan fingerprint density at radius 1 is 1.24 bits per heavy atom. The second kappa shape index (κ2) is 6.18. The summed E-state index contributed by atoms with van der Waals surface area (Å²) in [5.41, 5.74) is 1.64. The molecule has 0 aliphatic heterocycles. The molecule has 1 heterocycles. The fourth-order valence-electron chi connectivity index (χ4n) is 2.31. The van der Waals surface area contributed by atoms with Crippen LogP contribution < -0.4 is 10.4 Å². The molecule has 2 aromatic rings. The smallest absolute Gasteiger partial charge is 0.328 e. The molecule has 0 amide bonds. The molecule has 21 heavy (non-hydrogen) atoms. The summed E-state index contributed by atoms with van der Waals surface area (Å²) in [6, 6.07) is 5.66. The van der Waals surface area contributed by atoms with Crippen LogP contribution in [-0.2, 0) is 6.54 Å². The Hall–Kier alpha value is -2.01. The number of rotatable bonds is 5. The van der Waals surface area contributed by atoms with Gasteiger partial charge in [0.25, 0.3) is 0 Å². The third kappa shape index (κ3) is 3.19. The van der Waals surface area contributed by atoms with Crippen molar-refractivity contribution in [1.29, 1.82) is 0 Å². The Labute approximate surface area is 124 Å². The summed E-state index contributed by atoms with van der Waals surface area (Å²) in [7, 11) is 1.60. The maximum atomic E-state index is 12.3. The van der Waals surface area contributed by atoms with E-state index in [0.717, 1.165) is 11.1 Å². The van der Waals surface area contributed by atoms with Gasteiger partial charge in [0.15, 0.2) is 0 Å². The van der Waals surface area contributed by atoms with Gasteiger partial charge in [0.1, 0.15) is 5.75 Å². The first-order chi connectivity index (χ1) is 9.93. The van der Waals surface area contributed by atoms with Crippen molar-refractivity contribution in [1.82, 2.24) is 9.13 Å². The minimum absolute atomic E-state index is 0.0468. The average molecular weight is 290 g/mol. The fraction of sp³-hybridized carbons (Fsp3) is 0.438. The van der Waals surface area contributed by atoms with Crippen molar-refractivity contribution in [2.75, 3.05) is 7.11 Å². The lowest BCUT2D eigenvalue weighted by Gasteiger charge is -2.12. The Bertz CT molecular complexity index is 668. The number of aromatic nitrogens is 2. The fourth-order valence-corrected chi connectivity index (χ4v) is 2.31. The molecule has 0 spiro atoms. The molecule has 0 aliphatic rings. The molecule has 0 aliphatic carbocycles. The lowest BCUT2D eigenvalue weighted by molar-refractivity contribution is 0.199. The second-order valence-corrected chi connectivity index (χ2v) is 5.46. The van der Waals surface area contributed by atoms with Gasteiger partial charge in [0.2, 0.25) is 0 Å². The standard InChI is InChI=1S/C16H22N2O3/c1-11(2)18-8-7-17(16(18)20)10-14-9-13(12(3)19)5-6-15(14)21-4/h5-9,11-12,19H,10H2,1-4H3. The molecule has 0 bridgehead atoms. The number of methoxy groups -OCH3 is 1. The van der Waals surface area contributed by atoms with Gasteiger partial charge in [-0.2, -0.15) is 0 Å². The van der Waals surface area contributed by atoms with E-state index in [4.69, 9.17) is 4.74 Å². The van der Waals surface area contributed by atoms with Crippen LogP contribution in [0.1, 0.15) is 44.0 Å². The lowest BCUT2D eigenvalue weighted by Crippen LogP contribution is -2.25. The van der Waals surface area contributed by atoms with Crippen molar-refractivity contribution in [2.24, 2.45) is 0 Å². The number of hydrogen-bond donors (Lipinski definition) is 1. The number of imidazole rings is 1. The van der Waals surface area contributed by atoms with E-state index in [0.29, 0.717) is 12.3 Å². The molecular weight excluding hydrogens is 268 g/mol. The SMILES string of the molecule is COc1ccc(C(C)O)cc1Cn1ccn(C(C)C)c1=O. The summed E-state index contributed by atoms with van der Waals surface area (Å²) in [5.74, 6) is 0.712. The quantitative estimate of drug-likeness (QED) is 0.919. The minimum atomic E-state index is -0.549. The van der Waals surface area contributed by atoms with E-state index in [1.807, 2.05) is 32.0 Å². The van der Waals surface area contributed by atoms with Crippen LogP contribution in [0.4, 0.5) is 0 Å². The van der Waals surface area contributed by atoms with Crippen LogP contribution in [0.15, 0.2) is 35.4 Å². The van der Waals surface area contributed by atoms with Crippen molar-refractivity contribution < 1.29 is 9.84 Å². The maximum absolute atomic E-state index is 12.3. The zero-order chi connectivity index (χ0) is 15.6. The largest absolute Gasteiger partial charge is 0.496 e. The van der Waals surface area contributed by atoms with Crippen molar-refractivity contribution in [3.63, 3.8) is 0 Å². The zero-order valence-electron chi connectivity index (χ0n) is 12.9. The maximum Gasteiger partial charge on any atom is 0.328 e. The van der Waals surface area contributed by atoms with Crippen LogP contribution in [-0.4, -0.2) is 21.4 Å². The van der Waals surface area contributed by atoms with E-state index in [-0.39, 0.29) is 11.7 Å². The molecular formula is C16H22N2O3. The number of hydrogen-bond acceptors (Lipinski definition) is 3. The molecule has 1 aromatic carbocycles. The summed E-state index contributed by atoms with van der Waals surface area (Å²) in [6.07, 6.45) is 3.01. The van der Waals surface area contributed by atoms with E-state index in [9.17, 15) is 9.90 Å². The van der Waals surface area contributed by atoms with E-state index in [1.54, 1.807) is 35.6 Å². The second-order valence-electron chi connectivity index (χ2n) is 5.46. The van der Waals surface area contributed by atoms with Crippen molar-refractivity contribution in [3.05, 3.63) is 52.2 Å². The Morgan fingerprint density at radius 2 is 1.95 bits per heavy atom. The van der Waals surface area contributed by atoms with Crippen LogP contribution in [0, 0.1) is 0 Å². The topological polar surface area (TPSA) is 56.4 Å². The number of aliphatic hydroxyl groups excluding tert-OH is 1. The highest BCUT2D eigenvalue weighted by Crippen LogP contribution is 2.24. The molecule has 0 fully saturated rings. The third-order valence-corrected chi connectivity index (χ3v) is 3.56. The lowest BCUT2D eigenvalue weighted by atomic mass is 10.1. The van der Waals surface area contributed by atoms with Crippen molar-refractivity contribution in [3.8, 4) is 5.75 Å². The zero-order valence-corrected chi connectivity index (χ0v) is 12.9. The number of benzene rings is 1. The highest BCUT2D eigenvalue weighted by Gasteiger charge is 2.11. The van der Waals surface area contributed by atoms with Crippen LogP contribution in [0.25, 0.3) is 0 Å². The molecule has 1 N–H and O–H groups in total. The van der Waals surface area contributed by atoms with Crippen LogP contribution in [0.2, 0.25) is 0 Å². The average Bonchev–Trinajstić information content (AvgIpc) is 2.80. The van der Waals surface area contributed by atoms with Gasteiger partial charge < -0.3 is 9.84 Å². The Balaban J connectivity index is 2.38. The van der Waals surface area contributed by atoms with Gasteiger partial charge in [-0.05, 0) is 38.5 Å². The summed E-state index contributed by atoms with van der Waals surface area (Å²) in [4.78, 5) is 12.3. The van der Waals surface area contributed by atoms with E-state index >= 15 is 0 Å². The highest BCUT2D eigenvalue weighted by molar-refractivity contribution is 5.38. The van der Waals surface area contributed by atoms with Gasteiger partial charge in [-0.3, -0.25) is 9.13 Å². The molecule has 1 atom stereocenters. The summed E-state index contributed by atoms with van der Waals surface area (Å²) >= 11 is 0. The predicted octanol–water partition coefficient (Wildman–Crippen LogP) is 2.34. The molecule has 5 heteroatoms. The van der Waals surface area contributed by atoms with Gasteiger partial charge in [-0.25, -0.2) is 4.79 Å². The first-order valence-electron chi connectivity index (χ1n) is 7.06. The molecule has 114 valence electrons. The number of ether oxygens (including phenoxy) is 1. The van der Waals surface area contributed by atoms with Gasteiger partial charge in [-0.15, -0.1) is 0 Å². The summed E-state index contributed by atoms with van der Waals surface area (Å²) in [6.45, 7) is 6.08. The molecule has 1 aromatic heterocycles. The third-order valence-electron chi connectivity index (χ3n) is 3.56. The van der Waals surface area contributed by atoms with Gasteiger partial charge >= 0.3 is 5.69 Å². The number of nitrogens with zero attached hydrogens (tertiary/aromatic N) is 2. The molecule has 5 nitrogen and oxygen atoms in total. The van der Waals surface area contributed by atoms with Crippen LogP contribution in [0.3, 0.4) is 0 Å². The van der Waals surface area contributed by atoms with Gasteiger partial charge in [-0.1, -0.05) is 6.07 Å². The van der Waals surface area contributed by atoms with Crippen LogP contribution in [0.5, 0.6) is 5.75 Å². The van der Waals surface area contributed by atoms with E-state index in [1.165, 1.54) is 0 Å². The monoisotopic (exact) mass is 290 g/mol. The van der Waals surface area contributed by atoms with Crippen molar-refractivity contribution in [2.45, 2.75) is 39.5 Å². The van der Waals surface area contributed by atoms with Crippen LogP contribution >= 0.6 is 0 Å². The first-order valence-corrected chi connectivity index (χ1v) is 7.06. The van der Waals surface area contributed by atoms with E-state index < -0.39 is 6.10 Å². The van der Waals surface area contributed by atoms with E-state index in [2.05, 4.69) is 0 Å². The van der Waals surface area contributed by atoms with Gasteiger partial charge in [0.05, 0.1) is 19.8 Å². The molecule has 0 saturated carbocycles. The number of aliphatic hydroxyl groups is 1. The first kappa shape index (κ1) is 15.4. The predicted molar refractivity (Wildman–Crippen MR) is 81.8 cm³/mol. The summed E-state index contributed by atoms with van der Waals surface area (Å²) in [5, 5.41) is 9.70. The Morgan fingerprint density at radius 3 is 2.48 bits per heavy atom. The normalized spacial score (nSPS) is 12.7. The molecule has 0 radical (unpaired) electrons. The van der Waals surface area contributed by atoms with Gasteiger partial charge in [0, 0.05) is 24.0 Å². The summed E-state index contributed by atoms with van der Waals surface area (Å²) < 4.78 is 8.67. The Kier molecular flexibility index (Phi) is 4.53. The highest BCUT2D eigenvalue weighted by atomic mass is 16.5. The molecule has 2 rings (SSSR count). The minimum Gasteiger partial charge on any atom is -0.496 e. The molecule has 1 unspecified atom stereocenters. The molecule has 0 saturated heterocycles. The van der Waals surface area contributed by atoms with Crippen molar-refractivity contribution >= 4 is 0 Å².